The molecule has 29 heavy (non-hydrogen) atoms. The van der Waals surface area contributed by atoms with Gasteiger partial charge in [-0.3, -0.25) is 14.8 Å². The van der Waals surface area contributed by atoms with E-state index in [0.717, 1.165) is 16.4 Å². The van der Waals surface area contributed by atoms with Crippen molar-refractivity contribution in [1.29, 1.82) is 0 Å². The molecule has 1 fully saturated rings. The minimum absolute atomic E-state index is 0.0742. The quantitative estimate of drug-likeness (QED) is 0.662. The minimum atomic E-state index is -3.95. The predicted molar refractivity (Wildman–Crippen MR) is 98.4 cm³/mol. The molecule has 1 aliphatic heterocycles. The second kappa shape index (κ2) is 7.37. The van der Waals surface area contributed by atoms with Crippen molar-refractivity contribution in [1.82, 2.24) is 24.3 Å². The molecule has 1 saturated heterocycles. The number of nitrogens with one attached hydrogen (secondary N) is 1. The summed E-state index contributed by atoms with van der Waals surface area (Å²) in [6, 6.07) is 5.08. The topological polar surface area (TPSA) is 123 Å². The van der Waals surface area contributed by atoms with E-state index in [1.807, 2.05) is 0 Å². The Labute approximate surface area is 165 Å². The lowest BCUT2D eigenvalue weighted by Gasteiger charge is -2.22. The molecule has 0 saturated carbocycles. The Morgan fingerprint density at radius 3 is 2.69 bits per heavy atom. The van der Waals surface area contributed by atoms with Crippen molar-refractivity contribution in [3.05, 3.63) is 42.3 Å². The molecule has 152 valence electrons. The molecule has 0 aliphatic carbocycles. The molecule has 0 radical (unpaired) electrons. The zero-order valence-corrected chi connectivity index (χ0v) is 16.1. The van der Waals surface area contributed by atoms with Crippen molar-refractivity contribution in [2.24, 2.45) is 7.05 Å². The van der Waals surface area contributed by atoms with Crippen molar-refractivity contribution in [2.45, 2.75) is 23.8 Å². The van der Waals surface area contributed by atoms with Crippen LogP contribution in [0.1, 0.15) is 12.8 Å². The summed E-state index contributed by atoms with van der Waals surface area (Å²) in [6.45, 7) is 0.182. The van der Waals surface area contributed by atoms with E-state index in [9.17, 15) is 17.6 Å². The van der Waals surface area contributed by atoms with Gasteiger partial charge < -0.3 is 4.42 Å². The molecule has 0 spiro atoms. The maximum atomic E-state index is 13.1. The number of aromatic nitrogens is 4. The Bertz CT molecular complexity index is 1140. The third kappa shape index (κ3) is 3.63. The molecule has 1 amide bonds. The van der Waals surface area contributed by atoms with Crippen LogP contribution >= 0.6 is 0 Å². The highest BCUT2D eigenvalue weighted by atomic mass is 32.2. The molecule has 1 unspecified atom stereocenters. The summed E-state index contributed by atoms with van der Waals surface area (Å²) in [6.07, 6.45) is 2.42. The van der Waals surface area contributed by atoms with Crippen molar-refractivity contribution < 1.29 is 22.0 Å². The molecule has 3 heterocycles. The zero-order chi connectivity index (χ0) is 20.6. The van der Waals surface area contributed by atoms with E-state index in [4.69, 9.17) is 4.42 Å². The number of nitrogens with zero attached hydrogens (tertiary/aromatic N) is 5. The van der Waals surface area contributed by atoms with Gasteiger partial charge in [0.15, 0.2) is 0 Å². The molecule has 10 nitrogen and oxygen atoms in total. The molecule has 2 aromatic heterocycles. The van der Waals surface area contributed by atoms with Crippen LogP contribution in [0.4, 0.5) is 10.4 Å². The Morgan fingerprint density at radius 1 is 1.24 bits per heavy atom. The molecule has 1 aromatic carbocycles. The maximum Gasteiger partial charge on any atom is 0.322 e. The minimum Gasteiger partial charge on any atom is -0.401 e. The first-order valence-electron chi connectivity index (χ1n) is 8.76. The normalized spacial score (nSPS) is 17.5. The average molecular weight is 420 g/mol. The molecular formula is C17H17FN6O4S. The van der Waals surface area contributed by atoms with Crippen LogP contribution in [0.5, 0.6) is 0 Å². The number of halogens is 1. The van der Waals surface area contributed by atoms with Gasteiger partial charge in [-0.2, -0.15) is 9.40 Å². The number of amides is 1. The van der Waals surface area contributed by atoms with Crippen LogP contribution in [-0.4, -0.2) is 51.2 Å². The summed E-state index contributed by atoms with van der Waals surface area (Å²) in [7, 11) is -2.25. The highest BCUT2D eigenvalue weighted by Gasteiger charge is 2.40. The molecule has 4 rings (SSSR count). The van der Waals surface area contributed by atoms with Gasteiger partial charge in [0, 0.05) is 19.8 Å². The number of sulfonamides is 1. The van der Waals surface area contributed by atoms with E-state index in [-0.39, 0.29) is 23.3 Å². The highest BCUT2D eigenvalue weighted by Crippen LogP contribution is 2.27. The van der Waals surface area contributed by atoms with E-state index in [1.165, 1.54) is 16.8 Å². The Kier molecular flexibility index (Phi) is 4.88. The molecular weight excluding hydrogens is 403 g/mol. The summed E-state index contributed by atoms with van der Waals surface area (Å²) in [5.41, 5.74) is 0.569. The smallest absolute Gasteiger partial charge is 0.322 e. The van der Waals surface area contributed by atoms with E-state index in [0.29, 0.717) is 18.5 Å². The average Bonchev–Trinajstić information content (AvgIpc) is 3.42. The lowest BCUT2D eigenvalue weighted by atomic mass is 10.2. The third-order valence-electron chi connectivity index (χ3n) is 4.62. The van der Waals surface area contributed by atoms with Crippen LogP contribution < -0.4 is 5.32 Å². The number of benzene rings is 1. The van der Waals surface area contributed by atoms with Crippen LogP contribution in [0.3, 0.4) is 0 Å². The van der Waals surface area contributed by atoms with Gasteiger partial charge in [-0.15, -0.1) is 5.10 Å². The first kappa shape index (κ1) is 19.2. The Morgan fingerprint density at radius 2 is 2.00 bits per heavy atom. The second-order valence-electron chi connectivity index (χ2n) is 6.47. The fourth-order valence-corrected chi connectivity index (χ4v) is 4.84. The summed E-state index contributed by atoms with van der Waals surface area (Å²) in [5.74, 6) is -0.948. The molecule has 3 aromatic rings. The number of anilines is 1. The molecule has 1 N–H and O–H groups in total. The largest absolute Gasteiger partial charge is 0.401 e. The standard InChI is InChI=1S/C17H17FN6O4S/c1-23-14(8-9-19-23)16-21-22-17(28-16)20-15(25)13-3-2-10-24(13)29(26,27)12-6-4-11(18)5-7-12/h4-9,13H,2-3,10H2,1H3,(H,20,22,25). The summed E-state index contributed by atoms with van der Waals surface area (Å²) >= 11 is 0. The van der Waals surface area contributed by atoms with Crippen LogP contribution in [0.2, 0.25) is 0 Å². The van der Waals surface area contributed by atoms with Crippen LogP contribution in [0.25, 0.3) is 11.6 Å². The van der Waals surface area contributed by atoms with Gasteiger partial charge in [0.05, 0.1) is 4.90 Å². The SMILES string of the molecule is Cn1nccc1-c1nnc(NC(=O)C2CCCN2S(=O)(=O)c2ccc(F)cc2)o1. The van der Waals surface area contributed by atoms with Crippen molar-refractivity contribution in [2.75, 3.05) is 11.9 Å². The van der Waals surface area contributed by atoms with E-state index < -0.39 is 27.8 Å². The number of carbonyl (C=O) groups is 1. The molecule has 0 bridgehead atoms. The van der Waals surface area contributed by atoms with Gasteiger partial charge in [-0.05, 0) is 43.2 Å². The Balaban J connectivity index is 1.52. The molecule has 12 heteroatoms. The third-order valence-corrected chi connectivity index (χ3v) is 6.54. The van der Waals surface area contributed by atoms with Gasteiger partial charge >= 0.3 is 6.01 Å². The first-order chi connectivity index (χ1) is 13.9. The summed E-state index contributed by atoms with van der Waals surface area (Å²) < 4.78 is 46.9. The van der Waals surface area contributed by atoms with Crippen molar-refractivity contribution in [3.8, 4) is 11.6 Å². The lowest BCUT2D eigenvalue weighted by molar-refractivity contribution is -0.119. The van der Waals surface area contributed by atoms with Crippen molar-refractivity contribution >= 4 is 21.9 Å². The number of rotatable bonds is 5. The fourth-order valence-electron chi connectivity index (χ4n) is 3.18. The molecule has 1 atom stereocenters. The highest BCUT2D eigenvalue weighted by molar-refractivity contribution is 7.89. The van der Waals surface area contributed by atoms with E-state index in [2.05, 4.69) is 20.6 Å². The number of hydrogen-bond donors (Lipinski definition) is 1. The lowest BCUT2D eigenvalue weighted by Crippen LogP contribution is -2.43. The summed E-state index contributed by atoms with van der Waals surface area (Å²) in [4.78, 5) is 12.6. The zero-order valence-electron chi connectivity index (χ0n) is 15.3. The number of carbonyl (C=O) groups excluding carboxylic acids is 1. The van der Waals surface area contributed by atoms with Crippen LogP contribution in [0, 0.1) is 5.82 Å². The number of hydrogen-bond acceptors (Lipinski definition) is 7. The van der Waals surface area contributed by atoms with Gasteiger partial charge in [0.2, 0.25) is 15.9 Å². The predicted octanol–water partition coefficient (Wildman–Crippen LogP) is 1.40. The first-order valence-corrected chi connectivity index (χ1v) is 10.2. The molecule has 1 aliphatic rings. The maximum absolute atomic E-state index is 13.1. The monoisotopic (exact) mass is 420 g/mol. The van der Waals surface area contributed by atoms with Gasteiger partial charge in [-0.25, -0.2) is 12.8 Å². The van der Waals surface area contributed by atoms with Gasteiger partial charge in [0.25, 0.3) is 5.89 Å². The van der Waals surface area contributed by atoms with Crippen LogP contribution in [-0.2, 0) is 21.9 Å². The van der Waals surface area contributed by atoms with Gasteiger partial charge in [0.1, 0.15) is 17.6 Å². The van der Waals surface area contributed by atoms with Gasteiger partial charge in [-0.1, -0.05) is 5.10 Å². The second-order valence-corrected chi connectivity index (χ2v) is 8.36. The van der Waals surface area contributed by atoms with E-state index in [1.54, 1.807) is 19.3 Å². The van der Waals surface area contributed by atoms with Crippen LogP contribution in [0.15, 0.2) is 45.8 Å². The fraction of sp³-hybridized carbons (Fsp3) is 0.294. The summed E-state index contributed by atoms with van der Waals surface area (Å²) in [5, 5.41) is 14.1. The number of aryl methyl sites for hydroxylation is 1. The van der Waals surface area contributed by atoms with Crippen molar-refractivity contribution in [3.63, 3.8) is 0 Å². The van der Waals surface area contributed by atoms with E-state index >= 15 is 0 Å². The Hall–Kier alpha value is -3.12.